The Balaban J connectivity index is 1.47. The topological polar surface area (TPSA) is 91.7 Å². The van der Waals surface area contributed by atoms with Crippen LogP contribution in [0.15, 0.2) is 41.0 Å². The number of amides is 3. The predicted octanol–water partition coefficient (Wildman–Crippen LogP) is 4.14. The third-order valence-electron chi connectivity index (χ3n) is 5.62. The number of hydrogen-bond acceptors (Lipinski definition) is 4. The molecule has 1 saturated heterocycles. The van der Waals surface area contributed by atoms with Crippen LogP contribution in [0, 0.1) is 11.8 Å². The molecule has 10 heteroatoms. The van der Waals surface area contributed by atoms with Crippen molar-refractivity contribution < 1.29 is 32.0 Å². The fraction of sp³-hybridized carbons (Fsp3) is 0.409. The summed E-state index contributed by atoms with van der Waals surface area (Å²) in [6.45, 7) is 0.775. The highest BCUT2D eigenvalue weighted by Crippen LogP contribution is 2.37. The largest absolute Gasteiger partial charge is 0.459 e. The molecule has 1 aromatic carbocycles. The predicted molar refractivity (Wildman–Crippen MR) is 109 cm³/mol. The Bertz CT molecular complexity index is 1020. The number of anilines is 2. The number of piperidine rings is 1. The van der Waals surface area contributed by atoms with Crippen LogP contribution in [-0.2, 0) is 15.8 Å². The standard InChI is InChI=1S/C22H22F3N3O4/c23-22(24,25)16-11-15(26-20(30)18-4-2-10-32-18)7-8-17(16)27-19(29)14-3-1-9-28(12-14)21(31)13-5-6-13/h2,4,7-8,10-11,13-14H,1,3,5-6,9,12H2,(H,26,30)(H,27,29). The highest BCUT2D eigenvalue weighted by Gasteiger charge is 2.38. The average molecular weight is 449 g/mol. The maximum atomic E-state index is 13.7. The van der Waals surface area contributed by atoms with E-state index in [1.807, 2.05) is 0 Å². The van der Waals surface area contributed by atoms with Crippen molar-refractivity contribution in [2.24, 2.45) is 11.8 Å². The van der Waals surface area contributed by atoms with Gasteiger partial charge in [0.2, 0.25) is 11.8 Å². The molecule has 1 saturated carbocycles. The number of alkyl halides is 3. The number of rotatable bonds is 5. The van der Waals surface area contributed by atoms with E-state index < -0.39 is 35.2 Å². The zero-order valence-electron chi connectivity index (χ0n) is 17.1. The summed E-state index contributed by atoms with van der Waals surface area (Å²) in [6.07, 6.45) is -0.652. The van der Waals surface area contributed by atoms with Crippen molar-refractivity contribution in [1.82, 2.24) is 4.90 Å². The second-order valence-electron chi connectivity index (χ2n) is 8.08. The van der Waals surface area contributed by atoms with Gasteiger partial charge in [-0.2, -0.15) is 13.2 Å². The number of furan rings is 1. The van der Waals surface area contributed by atoms with E-state index in [0.717, 1.165) is 25.0 Å². The Morgan fingerprint density at radius 1 is 1.03 bits per heavy atom. The first-order valence-electron chi connectivity index (χ1n) is 10.4. The molecule has 2 heterocycles. The van der Waals surface area contributed by atoms with Gasteiger partial charge in [-0.1, -0.05) is 0 Å². The zero-order valence-corrected chi connectivity index (χ0v) is 17.1. The molecule has 7 nitrogen and oxygen atoms in total. The molecular formula is C22H22F3N3O4. The van der Waals surface area contributed by atoms with E-state index in [-0.39, 0.29) is 29.8 Å². The van der Waals surface area contributed by atoms with Gasteiger partial charge >= 0.3 is 6.18 Å². The monoisotopic (exact) mass is 449 g/mol. The van der Waals surface area contributed by atoms with E-state index in [1.54, 1.807) is 4.90 Å². The molecule has 1 aromatic heterocycles. The first-order chi connectivity index (χ1) is 15.2. The molecule has 4 rings (SSSR count). The summed E-state index contributed by atoms with van der Waals surface area (Å²) in [4.78, 5) is 38.7. The molecule has 2 fully saturated rings. The highest BCUT2D eigenvalue weighted by atomic mass is 19.4. The van der Waals surface area contributed by atoms with Crippen molar-refractivity contribution in [3.05, 3.63) is 47.9 Å². The van der Waals surface area contributed by atoms with Gasteiger partial charge in [-0.3, -0.25) is 14.4 Å². The van der Waals surface area contributed by atoms with Crippen LogP contribution in [-0.4, -0.2) is 35.7 Å². The van der Waals surface area contributed by atoms with Gasteiger partial charge in [0.05, 0.1) is 23.4 Å². The molecule has 0 bridgehead atoms. The van der Waals surface area contributed by atoms with Crippen LogP contribution in [0.2, 0.25) is 0 Å². The molecule has 1 aliphatic carbocycles. The van der Waals surface area contributed by atoms with E-state index in [4.69, 9.17) is 4.42 Å². The van der Waals surface area contributed by atoms with Gasteiger partial charge in [0, 0.05) is 24.7 Å². The summed E-state index contributed by atoms with van der Waals surface area (Å²) in [5.41, 5.74) is -1.57. The van der Waals surface area contributed by atoms with Gasteiger partial charge in [0.15, 0.2) is 5.76 Å². The lowest BCUT2D eigenvalue weighted by Crippen LogP contribution is -2.44. The Labute approximate surface area is 181 Å². The third kappa shape index (κ3) is 4.95. The minimum atomic E-state index is -4.76. The minimum absolute atomic E-state index is 0.0233. The van der Waals surface area contributed by atoms with E-state index >= 15 is 0 Å². The van der Waals surface area contributed by atoms with Gasteiger partial charge in [0.1, 0.15) is 0 Å². The zero-order chi connectivity index (χ0) is 22.9. The summed E-state index contributed by atoms with van der Waals surface area (Å²) in [7, 11) is 0. The summed E-state index contributed by atoms with van der Waals surface area (Å²) in [5, 5.41) is 4.72. The molecule has 3 amide bonds. The van der Waals surface area contributed by atoms with E-state index in [1.165, 1.54) is 24.5 Å². The molecule has 1 atom stereocenters. The summed E-state index contributed by atoms with van der Waals surface area (Å²) in [6, 6.07) is 6.01. The quantitative estimate of drug-likeness (QED) is 0.718. The van der Waals surface area contributed by atoms with Crippen LogP contribution >= 0.6 is 0 Å². The van der Waals surface area contributed by atoms with Crippen LogP contribution in [0.5, 0.6) is 0 Å². The Kier molecular flexibility index (Phi) is 5.94. The van der Waals surface area contributed by atoms with Crippen LogP contribution < -0.4 is 10.6 Å². The average Bonchev–Trinajstić information content (AvgIpc) is 3.46. The number of benzene rings is 1. The lowest BCUT2D eigenvalue weighted by molar-refractivity contribution is -0.137. The maximum Gasteiger partial charge on any atom is 0.418 e. The second kappa shape index (κ2) is 8.68. The highest BCUT2D eigenvalue weighted by molar-refractivity contribution is 6.02. The lowest BCUT2D eigenvalue weighted by atomic mass is 9.96. The van der Waals surface area contributed by atoms with Crippen LogP contribution in [0.25, 0.3) is 0 Å². The van der Waals surface area contributed by atoms with Gasteiger partial charge in [-0.25, -0.2) is 0 Å². The number of halogens is 3. The number of hydrogen-bond donors (Lipinski definition) is 2. The number of carbonyl (C=O) groups excluding carboxylic acids is 3. The molecule has 1 unspecified atom stereocenters. The fourth-order valence-corrected chi connectivity index (χ4v) is 3.78. The van der Waals surface area contributed by atoms with Crippen LogP contribution in [0.3, 0.4) is 0 Å². The van der Waals surface area contributed by atoms with E-state index in [9.17, 15) is 27.6 Å². The van der Waals surface area contributed by atoms with Crippen molar-refractivity contribution in [2.45, 2.75) is 31.9 Å². The lowest BCUT2D eigenvalue weighted by Gasteiger charge is -2.32. The van der Waals surface area contributed by atoms with E-state index in [0.29, 0.717) is 19.4 Å². The first kappa shape index (κ1) is 21.9. The van der Waals surface area contributed by atoms with Gasteiger partial charge in [-0.05, 0) is 56.0 Å². The Hall–Kier alpha value is -3.30. The van der Waals surface area contributed by atoms with Crippen LogP contribution in [0.4, 0.5) is 24.5 Å². The van der Waals surface area contributed by atoms with Gasteiger partial charge in [-0.15, -0.1) is 0 Å². The van der Waals surface area contributed by atoms with Gasteiger partial charge < -0.3 is 20.0 Å². The maximum absolute atomic E-state index is 13.7. The number of nitrogens with one attached hydrogen (secondary N) is 2. The molecule has 2 aliphatic rings. The number of nitrogens with zero attached hydrogens (tertiary/aromatic N) is 1. The normalized spacial score (nSPS) is 18.8. The van der Waals surface area contributed by atoms with Crippen molar-refractivity contribution in [3.63, 3.8) is 0 Å². The smallest absolute Gasteiger partial charge is 0.418 e. The van der Waals surface area contributed by atoms with Gasteiger partial charge in [0.25, 0.3) is 5.91 Å². The molecule has 170 valence electrons. The van der Waals surface area contributed by atoms with Crippen molar-refractivity contribution in [3.8, 4) is 0 Å². The Morgan fingerprint density at radius 3 is 2.47 bits per heavy atom. The summed E-state index contributed by atoms with van der Waals surface area (Å²) >= 11 is 0. The molecule has 0 radical (unpaired) electrons. The number of likely N-dealkylation sites (tertiary alicyclic amines) is 1. The van der Waals surface area contributed by atoms with E-state index in [2.05, 4.69) is 10.6 Å². The fourth-order valence-electron chi connectivity index (χ4n) is 3.78. The Morgan fingerprint density at radius 2 is 1.81 bits per heavy atom. The first-order valence-corrected chi connectivity index (χ1v) is 10.4. The van der Waals surface area contributed by atoms with Crippen molar-refractivity contribution in [2.75, 3.05) is 23.7 Å². The van der Waals surface area contributed by atoms with Crippen LogP contribution in [0.1, 0.15) is 41.8 Å². The molecule has 2 aromatic rings. The second-order valence-corrected chi connectivity index (χ2v) is 8.08. The molecule has 2 N–H and O–H groups in total. The summed E-state index contributed by atoms with van der Waals surface area (Å²) in [5.74, 6) is -1.82. The molecule has 1 aliphatic heterocycles. The minimum Gasteiger partial charge on any atom is -0.459 e. The SMILES string of the molecule is O=C(Nc1ccc(NC(=O)C2CCCN(C(=O)C3CC3)C2)c(C(F)(F)F)c1)c1ccco1. The number of carbonyl (C=O) groups is 3. The van der Waals surface area contributed by atoms with Crippen molar-refractivity contribution >= 4 is 29.1 Å². The molecule has 32 heavy (non-hydrogen) atoms. The molecular weight excluding hydrogens is 427 g/mol. The van der Waals surface area contributed by atoms with Crippen molar-refractivity contribution in [1.29, 1.82) is 0 Å². The molecule has 0 spiro atoms. The third-order valence-corrected chi connectivity index (χ3v) is 5.62. The summed E-state index contributed by atoms with van der Waals surface area (Å²) < 4.78 is 45.9.